The number of amides is 1. The van der Waals surface area contributed by atoms with Crippen LogP contribution in [-0.4, -0.2) is 16.7 Å². The van der Waals surface area contributed by atoms with Crippen LogP contribution in [0.3, 0.4) is 0 Å². The maximum Gasteiger partial charge on any atom is 0.292 e. The summed E-state index contributed by atoms with van der Waals surface area (Å²) in [6, 6.07) is 8.47. The van der Waals surface area contributed by atoms with Crippen LogP contribution in [0.4, 0.5) is 4.39 Å². The minimum atomic E-state index is -0.713. The summed E-state index contributed by atoms with van der Waals surface area (Å²) in [7, 11) is 0. The maximum atomic E-state index is 12.8. The number of nitrogens with one attached hydrogen (secondary N) is 1. The number of pyridine rings is 1. The fourth-order valence-electron chi connectivity index (χ4n) is 1.73. The van der Waals surface area contributed by atoms with Crippen molar-refractivity contribution in [2.45, 2.75) is 13.0 Å². The number of Topliss-reactive ketones (excluding diaryl/α,β-unsaturated/α-hetero) is 1. The van der Waals surface area contributed by atoms with Crippen molar-refractivity contribution in [3.05, 3.63) is 65.7 Å². The molecule has 0 saturated heterocycles. The number of halogens is 1. The van der Waals surface area contributed by atoms with Gasteiger partial charge in [-0.3, -0.25) is 14.6 Å². The second kappa shape index (κ2) is 6.06. The zero-order chi connectivity index (χ0) is 14.5. The van der Waals surface area contributed by atoms with Gasteiger partial charge in [0.15, 0.2) is 0 Å². The quantitative estimate of drug-likeness (QED) is 0.686. The molecule has 0 aliphatic carbocycles. The molecule has 1 N–H and O–H groups in total. The first-order valence-corrected chi connectivity index (χ1v) is 6.08. The number of ketones is 1. The molecule has 1 aromatic heterocycles. The molecular formula is C15H13FN2O2. The second-order valence-corrected chi connectivity index (χ2v) is 4.32. The molecule has 0 radical (unpaired) electrons. The fraction of sp³-hybridized carbons (Fsp3) is 0.133. The zero-order valence-corrected chi connectivity index (χ0v) is 10.8. The molecule has 0 saturated carbocycles. The number of carbonyl (C=O) groups is 2. The summed E-state index contributed by atoms with van der Waals surface area (Å²) in [5.41, 5.74) is 0.954. The van der Waals surface area contributed by atoms with Crippen molar-refractivity contribution in [2.75, 3.05) is 0 Å². The molecule has 4 nitrogen and oxygen atoms in total. The molecule has 1 atom stereocenters. The summed E-state index contributed by atoms with van der Waals surface area (Å²) < 4.78 is 12.8. The summed E-state index contributed by atoms with van der Waals surface area (Å²) in [5, 5.41) is 2.58. The smallest absolute Gasteiger partial charge is 0.292 e. The van der Waals surface area contributed by atoms with Gasteiger partial charge in [0.1, 0.15) is 5.82 Å². The van der Waals surface area contributed by atoms with Gasteiger partial charge in [0.2, 0.25) is 0 Å². The monoisotopic (exact) mass is 272 g/mol. The minimum Gasteiger partial charge on any atom is -0.343 e. The van der Waals surface area contributed by atoms with Crippen molar-refractivity contribution in [2.24, 2.45) is 0 Å². The van der Waals surface area contributed by atoms with E-state index in [1.165, 1.54) is 30.6 Å². The lowest BCUT2D eigenvalue weighted by Crippen LogP contribution is -2.33. The van der Waals surface area contributed by atoms with Crippen LogP contribution in [-0.2, 0) is 4.79 Å². The lowest BCUT2D eigenvalue weighted by Gasteiger charge is -2.13. The minimum absolute atomic E-state index is 0.233. The number of rotatable bonds is 4. The number of nitrogens with zero attached hydrogens (tertiary/aromatic N) is 1. The molecule has 2 aromatic rings. The van der Waals surface area contributed by atoms with Crippen molar-refractivity contribution in [1.29, 1.82) is 0 Å². The Balaban J connectivity index is 2.04. The molecule has 5 heteroatoms. The SMILES string of the molecule is C[C@H](NC(=O)C(=O)c1cccnc1)c1ccc(F)cc1. The van der Waals surface area contributed by atoms with Crippen molar-refractivity contribution in [3.8, 4) is 0 Å². The van der Waals surface area contributed by atoms with E-state index < -0.39 is 11.7 Å². The third-order valence-electron chi connectivity index (χ3n) is 2.85. The third kappa shape index (κ3) is 3.26. The summed E-state index contributed by atoms with van der Waals surface area (Å²) >= 11 is 0. The van der Waals surface area contributed by atoms with E-state index in [2.05, 4.69) is 10.3 Å². The predicted octanol–water partition coefficient (Wildman–Crippen LogP) is 2.28. The summed E-state index contributed by atoms with van der Waals surface area (Å²) in [6.45, 7) is 1.72. The van der Waals surface area contributed by atoms with Gasteiger partial charge < -0.3 is 5.32 Å². The fourth-order valence-corrected chi connectivity index (χ4v) is 1.73. The molecule has 1 aromatic carbocycles. The third-order valence-corrected chi connectivity index (χ3v) is 2.85. The highest BCUT2D eigenvalue weighted by Gasteiger charge is 2.18. The number of benzene rings is 1. The van der Waals surface area contributed by atoms with Crippen molar-refractivity contribution in [1.82, 2.24) is 10.3 Å². The Morgan fingerprint density at radius 1 is 1.20 bits per heavy atom. The van der Waals surface area contributed by atoms with Gasteiger partial charge in [0.25, 0.3) is 11.7 Å². The van der Waals surface area contributed by atoms with Gasteiger partial charge >= 0.3 is 0 Å². The average Bonchev–Trinajstić information content (AvgIpc) is 2.48. The van der Waals surface area contributed by atoms with E-state index in [0.717, 1.165) is 5.56 Å². The van der Waals surface area contributed by atoms with Gasteiger partial charge in [-0.15, -0.1) is 0 Å². The summed E-state index contributed by atoms with van der Waals surface area (Å²) in [4.78, 5) is 27.5. The van der Waals surface area contributed by atoms with E-state index in [0.29, 0.717) is 0 Å². The molecule has 1 heterocycles. The normalized spacial score (nSPS) is 11.7. The standard InChI is InChI=1S/C15H13FN2O2/c1-10(11-4-6-13(16)7-5-11)18-15(20)14(19)12-3-2-8-17-9-12/h2-10H,1H3,(H,18,20)/t10-/m0/s1. The molecule has 0 fully saturated rings. The first kappa shape index (κ1) is 13.9. The van der Waals surface area contributed by atoms with Crippen molar-refractivity contribution in [3.63, 3.8) is 0 Å². The Bertz CT molecular complexity index is 612. The van der Waals surface area contributed by atoms with E-state index in [-0.39, 0.29) is 17.4 Å². The molecule has 0 bridgehead atoms. The van der Waals surface area contributed by atoms with Gasteiger partial charge in [-0.1, -0.05) is 12.1 Å². The highest BCUT2D eigenvalue weighted by molar-refractivity contribution is 6.42. The van der Waals surface area contributed by atoms with Gasteiger partial charge in [0.05, 0.1) is 6.04 Å². The van der Waals surface area contributed by atoms with Gasteiger partial charge in [-0.25, -0.2) is 4.39 Å². The number of carbonyl (C=O) groups excluding carboxylic acids is 2. The average molecular weight is 272 g/mol. The molecule has 102 valence electrons. The summed E-state index contributed by atoms with van der Waals surface area (Å²) in [6.07, 6.45) is 2.86. The Kier molecular flexibility index (Phi) is 4.20. The van der Waals surface area contributed by atoms with Crippen LogP contribution >= 0.6 is 0 Å². The lowest BCUT2D eigenvalue weighted by molar-refractivity contribution is -0.117. The van der Waals surface area contributed by atoms with Gasteiger partial charge in [0, 0.05) is 18.0 Å². The van der Waals surface area contributed by atoms with E-state index in [9.17, 15) is 14.0 Å². The molecule has 0 unspecified atom stereocenters. The number of hydrogen-bond acceptors (Lipinski definition) is 3. The van der Waals surface area contributed by atoms with Crippen molar-refractivity contribution < 1.29 is 14.0 Å². The molecule has 0 aliphatic heterocycles. The zero-order valence-electron chi connectivity index (χ0n) is 10.8. The van der Waals surface area contributed by atoms with Crippen LogP contribution in [0.5, 0.6) is 0 Å². The lowest BCUT2D eigenvalue weighted by atomic mass is 10.1. The largest absolute Gasteiger partial charge is 0.343 e. The van der Waals surface area contributed by atoms with Crippen LogP contribution < -0.4 is 5.32 Å². The maximum absolute atomic E-state index is 12.8. The Labute approximate surface area is 115 Å². The highest BCUT2D eigenvalue weighted by Crippen LogP contribution is 2.13. The van der Waals surface area contributed by atoms with E-state index >= 15 is 0 Å². The first-order valence-electron chi connectivity index (χ1n) is 6.08. The van der Waals surface area contributed by atoms with Gasteiger partial charge in [-0.2, -0.15) is 0 Å². The van der Waals surface area contributed by atoms with Crippen LogP contribution in [0.1, 0.15) is 28.9 Å². The van der Waals surface area contributed by atoms with E-state index in [1.807, 2.05) is 0 Å². The highest BCUT2D eigenvalue weighted by atomic mass is 19.1. The number of hydrogen-bond donors (Lipinski definition) is 1. The Morgan fingerprint density at radius 2 is 1.90 bits per heavy atom. The molecule has 1 amide bonds. The summed E-state index contributed by atoms with van der Waals surface area (Å²) in [5.74, 6) is -1.71. The van der Waals surface area contributed by atoms with E-state index in [4.69, 9.17) is 0 Å². The topological polar surface area (TPSA) is 59.1 Å². The Morgan fingerprint density at radius 3 is 2.50 bits per heavy atom. The Hall–Kier alpha value is -2.56. The second-order valence-electron chi connectivity index (χ2n) is 4.32. The molecule has 20 heavy (non-hydrogen) atoms. The first-order chi connectivity index (χ1) is 9.58. The van der Waals surface area contributed by atoms with Crippen LogP contribution in [0.25, 0.3) is 0 Å². The molecule has 0 aliphatic rings. The predicted molar refractivity (Wildman–Crippen MR) is 71.5 cm³/mol. The van der Waals surface area contributed by atoms with Crippen LogP contribution in [0.15, 0.2) is 48.8 Å². The van der Waals surface area contributed by atoms with Crippen molar-refractivity contribution >= 4 is 11.7 Å². The van der Waals surface area contributed by atoms with E-state index in [1.54, 1.807) is 25.1 Å². The molecule has 2 rings (SSSR count). The molecular weight excluding hydrogens is 259 g/mol. The van der Waals surface area contributed by atoms with Gasteiger partial charge in [-0.05, 0) is 36.8 Å². The molecule has 0 spiro atoms. The number of aromatic nitrogens is 1. The van der Waals surface area contributed by atoms with Crippen LogP contribution in [0.2, 0.25) is 0 Å². The van der Waals surface area contributed by atoms with Crippen LogP contribution in [0, 0.1) is 5.82 Å².